The maximum Gasteiger partial charge on any atom is 0.320 e. The number of imide groups is 1. The zero-order valence-corrected chi connectivity index (χ0v) is 18.7. The third-order valence-electron chi connectivity index (χ3n) is 7.77. The number of carboxylic acid groups (broad SMARTS) is 1. The molecule has 4 saturated heterocycles. The summed E-state index contributed by atoms with van der Waals surface area (Å²) in [5, 5.41) is 11.7. The normalized spacial score (nSPS) is 25.8. The van der Waals surface area contributed by atoms with Gasteiger partial charge in [0.1, 0.15) is 5.82 Å². The first-order valence-corrected chi connectivity index (χ1v) is 11.5. The predicted molar refractivity (Wildman–Crippen MR) is 118 cm³/mol. The summed E-state index contributed by atoms with van der Waals surface area (Å²) in [5.74, 6) is -0.749. The minimum atomic E-state index is -0.786. The predicted octanol–water partition coefficient (Wildman–Crippen LogP) is 1.03. The molecule has 0 bridgehead atoms. The van der Waals surface area contributed by atoms with Crippen molar-refractivity contribution >= 4 is 29.6 Å². The Labute approximate surface area is 191 Å². The second kappa shape index (κ2) is 7.71. The molecule has 176 valence electrons. The van der Waals surface area contributed by atoms with Crippen LogP contribution in [0.4, 0.5) is 10.6 Å². The molecule has 1 spiro atoms. The number of piperidine rings is 2. The molecule has 2 N–H and O–H groups in total. The number of rotatable bonds is 3. The van der Waals surface area contributed by atoms with Crippen LogP contribution in [0, 0.1) is 10.8 Å². The third-order valence-corrected chi connectivity index (χ3v) is 7.77. The first-order valence-electron chi connectivity index (χ1n) is 11.5. The number of carbonyl (C=O) groups excluding carboxylic acids is 3. The molecule has 33 heavy (non-hydrogen) atoms. The number of nitrogens with zero attached hydrogens (tertiary/aromatic N) is 4. The number of aliphatic carboxylic acids is 1. The van der Waals surface area contributed by atoms with Crippen LogP contribution < -0.4 is 10.2 Å². The Kier molecular flexibility index (Phi) is 5.06. The Morgan fingerprint density at radius 3 is 2.36 bits per heavy atom. The minimum Gasteiger partial charge on any atom is -0.481 e. The van der Waals surface area contributed by atoms with Gasteiger partial charge in [-0.2, -0.15) is 0 Å². The van der Waals surface area contributed by atoms with E-state index in [4.69, 9.17) is 0 Å². The summed E-state index contributed by atoms with van der Waals surface area (Å²) in [7, 11) is 0. The van der Waals surface area contributed by atoms with E-state index in [1.165, 1.54) is 0 Å². The van der Waals surface area contributed by atoms with Crippen LogP contribution in [0.1, 0.15) is 44.1 Å². The zero-order valence-electron chi connectivity index (χ0n) is 18.7. The van der Waals surface area contributed by atoms with Crippen molar-refractivity contribution in [3.05, 3.63) is 23.9 Å². The van der Waals surface area contributed by atoms with Gasteiger partial charge in [0.05, 0.1) is 11.3 Å². The van der Waals surface area contributed by atoms with E-state index in [0.717, 1.165) is 24.5 Å². The lowest BCUT2D eigenvalue weighted by molar-refractivity contribution is -0.150. The number of pyridine rings is 1. The fraction of sp³-hybridized carbons (Fsp3) is 0.609. The van der Waals surface area contributed by atoms with E-state index >= 15 is 0 Å². The molecule has 0 radical (unpaired) electrons. The Balaban J connectivity index is 1.10. The number of likely N-dealkylation sites (tertiary alicyclic amines) is 2. The number of hydrogen-bond acceptors (Lipinski definition) is 6. The van der Waals surface area contributed by atoms with Crippen LogP contribution in [0.3, 0.4) is 0 Å². The van der Waals surface area contributed by atoms with Gasteiger partial charge in [0.2, 0.25) is 11.8 Å². The van der Waals surface area contributed by atoms with E-state index < -0.39 is 11.4 Å². The summed E-state index contributed by atoms with van der Waals surface area (Å²) in [6.07, 6.45) is 3.55. The van der Waals surface area contributed by atoms with Crippen LogP contribution in [0.5, 0.6) is 0 Å². The first-order chi connectivity index (χ1) is 15.7. The highest BCUT2D eigenvalue weighted by molar-refractivity contribution is 6.00. The number of urea groups is 1. The van der Waals surface area contributed by atoms with Crippen LogP contribution in [-0.2, 0) is 14.4 Å². The van der Waals surface area contributed by atoms with Crippen molar-refractivity contribution in [2.45, 2.75) is 38.5 Å². The number of hydrogen-bond donors (Lipinski definition) is 2. The van der Waals surface area contributed by atoms with E-state index in [0.29, 0.717) is 51.9 Å². The van der Waals surface area contributed by atoms with Crippen molar-refractivity contribution < 1.29 is 24.3 Å². The molecule has 1 atom stereocenters. The van der Waals surface area contributed by atoms with E-state index in [1.807, 2.05) is 17.0 Å². The summed E-state index contributed by atoms with van der Waals surface area (Å²) >= 11 is 0. The fourth-order valence-corrected chi connectivity index (χ4v) is 5.43. The lowest BCUT2D eigenvalue weighted by Gasteiger charge is -2.61. The van der Waals surface area contributed by atoms with Gasteiger partial charge < -0.3 is 19.8 Å². The summed E-state index contributed by atoms with van der Waals surface area (Å²) in [6, 6.07) is 3.84. The van der Waals surface area contributed by atoms with Gasteiger partial charge in [-0.05, 0) is 37.8 Å². The number of anilines is 1. The number of carboxylic acids is 1. The highest BCUT2D eigenvalue weighted by atomic mass is 16.4. The molecule has 10 heteroatoms. The standard InChI is InChI=1S/C23H29N5O5/c1-22(20(31)32)6-8-26(9-7-22)21(33)28-13-23(14-28)11-27(12-23)17-4-2-15(10-24-17)16-3-5-18(29)25-19(16)30/h2,4,10,16H,3,5-9,11-14H2,1H3,(H,31,32)(H,25,29,30). The zero-order chi connectivity index (χ0) is 23.4. The quantitative estimate of drug-likeness (QED) is 0.653. The number of nitrogens with one attached hydrogen (secondary N) is 1. The molecule has 4 amide bonds. The average molecular weight is 456 g/mol. The van der Waals surface area contributed by atoms with Gasteiger partial charge in [-0.15, -0.1) is 0 Å². The lowest BCUT2D eigenvalue weighted by Crippen LogP contribution is -2.74. The van der Waals surface area contributed by atoms with Crippen LogP contribution in [0.15, 0.2) is 18.3 Å². The van der Waals surface area contributed by atoms with Crippen molar-refractivity contribution in [3.63, 3.8) is 0 Å². The van der Waals surface area contributed by atoms with Gasteiger partial charge in [-0.1, -0.05) is 6.07 Å². The third kappa shape index (κ3) is 3.81. The minimum absolute atomic E-state index is 0.0123. The molecule has 4 aliphatic rings. The number of carbonyl (C=O) groups is 4. The average Bonchev–Trinajstić information content (AvgIpc) is 2.73. The van der Waals surface area contributed by atoms with Gasteiger partial charge in [0, 0.05) is 57.3 Å². The molecule has 1 aromatic rings. The lowest BCUT2D eigenvalue weighted by atomic mass is 9.73. The van der Waals surface area contributed by atoms with E-state index in [9.17, 15) is 24.3 Å². The highest BCUT2D eigenvalue weighted by Crippen LogP contribution is 2.42. The summed E-state index contributed by atoms with van der Waals surface area (Å²) in [6.45, 7) is 5.82. The SMILES string of the molecule is CC1(C(=O)O)CCN(C(=O)N2CC3(C2)CN(c2ccc(C4CCC(=O)NC4=O)cn2)C3)CC1. The second-order valence-electron chi connectivity index (χ2n) is 10.3. The van der Waals surface area contributed by atoms with E-state index in [1.54, 1.807) is 18.0 Å². The highest BCUT2D eigenvalue weighted by Gasteiger charge is 2.54. The fourth-order valence-electron chi connectivity index (χ4n) is 5.43. The second-order valence-corrected chi connectivity index (χ2v) is 10.3. The van der Waals surface area contributed by atoms with Gasteiger partial charge in [-0.3, -0.25) is 19.7 Å². The number of aromatic nitrogens is 1. The molecule has 0 saturated carbocycles. The molecular formula is C23H29N5O5. The van der Waals surface area contributed by atoms with Crippen LogP contribution in [0.25, 0.3) is 0 Å². The molecular weight excluding hydrogens is 426 g/mol. The smallest absolute Gasteiger partial charge is 0.320 e. The molecule has 1 unspecified atom stereocenters. The summed E-state index contributed by atoms with van der Waals surface area (Å²) in [4.78, 5) is 57.9. The van der Waals surface area contributed by atoms with Crippen LogP contribution in [-0.4, -0.2) is 83.0 Å². The van der Waals surface area contributed by atoms with E-state index in [2.05, 4.69) is 15.2 Å². The maximum absolute atomic E-state index is 12.8. The molecule has 5 heterocycles. The molecule has 0 aliphatic carbocycles. The molecule has 1 aromatic heterocycles. The Bertz CT molecular complexity index is 987. The van der Waals surface area contributed by atoms with E-state index in [-0.39, 0.29) is 29.2 Å². The van der Waals surface area contributed by atoms with Gasteiger partial charge in [0.25, 0.3) is 0 Å². The Morgan fingerprint density at radius 1 is 1.09 bits per heavy atom. The Morgan fingerprint density at radius 2 is 1.79 bits per heavy atom. The Hall–Kier alpha value is -3.17. The molecule has 0 aromatic carbocycles. The van der Waals surface area contributed by atoms with Gasteiger partial charge in [0.15, 0.2) is 0 Å². The molecule has 10 nitrogen and oxygen atoms in total. The van der Waals surface area contributed by atoms with Crippen molar-refractivity contribution in [3.8, 4) is 0 Å². The summed E-state index contributed by atoms with van der Waals surface area (Å²) in [5.41, 5.74) is 0.188. The topological polar surface area (TPSA) is 123 Å². The molecule has 4 fully saturated rings. The molecule has 5 rings (SSSR count). The van der Waals surface area contributed by atoms with Crippen molar-refractivity contribution in [2.24, 2.45) is 10.8 Å². The van der Waals surface area contributed by atoms with Crippen molar-refractivity contribution in [1.29, 1.82) is 0 Å². The van der Waals surface area contributed by atoms with Crippen LogP contribution >= 0.6 is 0 Å². The maximum atomic E-state index is 12.8. The largest absolute Gasteiger partial charge is 0.481 e. The van der Waals surface area contributed by atoms with Crippen molar-refractivity contribution in [2.75, 3.05) is 44.2 Å². The van der Waals surface area contributed by atoms with Crippen molar-refractivity contribution in [1.82, 2.24) is 20.1 Å². The first kappa shape index (κ1) is 21.7. The number of amides is 4. The molecule has 4 aliphatic heterocycles. The van der Waals surface area contributed by atoms with Gasteiger partial charge >= 0.3 is 12.0 Å². The van der Waals surface area contributed by atoms with Crippen LogP contribution in [0.2, 0.25) is 0 Å². The van der Waals surface area contributed by atoms with Gasteiger partial charge in [-0.25, -0.2) is 9.78 Å². The summed E-state index contributed by atoms with van der Waals surface area (Å²) < 4.78 is 0. The monoisotopic (exact) mass is 455 g/mol.